The molecule has 0 bridgehead atoms. The number of aromatic nitrogens is 3. The maximum absolute atomic E-state index is 8.70. The van der Waals surface area contributed by atoms with E-state index in [1.54, 1.807) is 23.9 Å². The van der Waals surface area contributed by atoms with Gasteiger partial charge in [0.2, 0.25) is 0 Å². The van der Waals surface area contributed by atoms with Crippen LogP contribution in [0.3, 0.4) is 0 Å². The summed E-state index contributed by atoms with van der Waals surface area (Å²) >= 11 is 1.76. The zero-order valence-corrected chi connectivity index (χ0v) is 10.4. The molecule has 5 nitrogen and oxygen atoms in total. The van der Waals surface area contributed by atoms with Crippen LogP contribution in [0.2, 0.25) is 0 Å². The number of hydrogen-bond acceptors (Lipinski definition) is 5. The van der Waals surface area contributed by atoms with Gasteiger partial charge >= 0.3 is 0 Å². The van der Waals surface area contributed by atoms with E-state index >= 15 is 0 Å². The Morgan fingerprint density at radius 2 is 2.35 bits per heavy atom. The van der Waals surface area contributed by atoms with Gasteiger partial charge in [0.25, 0.3) is 5.89 Å². The number of nitrogens with one attached hydrogen (secondary N) is 1. The van der Waals surface area contributed by atoms with Gasteiger partial charge in [0, 0.05) is 0 Å². The molecule has 2 aromatic rings. The van der Waals surface area contributed by atoms with E-state index in [2.05, 4.69) is 29.0 Å². The zero-order valence-electron chi connectivity index (χ0n) is 9.60. The molecule has 0 atom stereocenters. The van der Waals surface area contributed by atoms with Gasteiger partial charge in [-0.1, -0.05) is 19.0 Å². The summed E-state index contributed by atoms with van der Waals surface area (Å²) in [6.45, 7) is 4.24. The molecule has 0 aliphatic rings. The minimum absolute atomic E-state index is 0.422. The quantitative estimate of drug-likeness (QED) is 0.899. The summed E-state index contributed by atoms with van der Waals surface area (Å²) in [5.41, 5.74) is 1.16. The van der Waals surface area contributed by atoms with Crippen molar-refractivity contribution < 1.29 is 4.52 Å². The van der Waals surface area contributed by atoms with Gasteiger partial charge in [-0.3, -0.25) is 0 Å². The Balaban J connectivity index is 2.10. The summed E-state index contributed by atoms with van der Waals surface area (Å²) < 4.78 is 5.13. The van der Waals surface area contributed by atoms with Gasteiger partial charge < -0.3 is 9.51 Å². The molecule has 88 valence electrons. The van der Waals surface area contributed by atoms with Crippen LogP contribution in [-0.2, 0) is 5.75 Å². The molecule has 0 amide bonds. The van der Waals surface area contributed by atoms with Crippen molar-refractivity contribution in [1.82, 2.24) is 15.1 Å². The Hall–Kier alpha value is -1.74. The third kappa shape index (κ3) is 2.88. The molecule has 0 saturated carbocycles. The fourth-order valence-electron chi connectivity index (χ4n) is 1.25. The average molecular weight is 248 g/mol. The number of thioether (sulfide) groups is 1. The van der Waals surface area contributed by atoms with Crippen LogP contribution in [0.1, 0.15) is 25.4 Å². The summed E-state index contributed by atoms with van der Waals surface area (Å²) in [5, 5.41) is 13.1. The molecule has 0 unspecified atom stereocenters. The SMILES string of the molecule is CC(C)SCc1noc(-c2ccc(C#N)[nH]2)n1. The molecule has 6 heteroatoms. The van der Waals surface area contributed by atoms with Crippen LogP contribution in [0, 0.1) is 11.3 Å². The first-order chi connectivity index (χ1) is 8.19. The first-order valence-corrected chi connectivity index (χ1v) is 6.27. The van der Waals surface area contributed by atoms with Crippen molar-refractivity contribution in [2.45, 2.75) is 24.9 Å². The Labute approximate surface area is 103 Å². The molecule has 2 heterocycles. The molecule has 0 radical (unpaired) electrons. The Kier molecular flexibility index (Phi) is 3.49. The van der Waals surface area contributed by atoms with Crippen molar-refractivity contribution in [2.75, 3.05) is 0 Å². The molecular weight excluding hydrogens is 236 g/mol. The van der Waals surface area contributed by atoms with Gasteiger partial charge in [-0.05, 0) is 17.4 Å². The van der Waals surface area contributed by atoms with Crippen molar-refractivity contribution >= 4 is 11.8 Å². The smallest absolute Gasteiger partial charge is 0.274 e. The number of H-pyrrole nitrogens is 1. The lowest BCUT2D eigenvalue weighted by atomic mass is 10.4. The van der Waals surface area contributed by atoms with E-state index in [1.165, 1.54) is 0 Å². The van der Waals surface area contributed by atoms with Crippen molar-refractivity contribution in [3.63, 3.8) is 0 Å². The van der Waals surface area contributed by atoms with Crippen LogP contribution < -0.4 is 0 Å². The molecule has 0 fully saturated rings. The van der Waals surface area contributed by atoms with E-state index in [-0.39, 0.29) is 0 Å². The molecule has 2 aromatic heterocycles. The van der Waals surface area contributed by atoms with Crippen molar-refractivity contribution in [3.05, 3.63) is 23.7 Å². The molecule has 1 N–H and O–H groups in total. The number of hydrogen-bond donors (Lipinski definition) is 1. The number of rotatable bonds is 4. The molecule has 0 aliphatic heterocycles. The number of nitrogens with zero attached hydrogens (tertiary/aromatic N) is 3. The van der Waals surface area contributed by atoms with Gasteiger partial charge in [-0.2, -0.15) is 22.0 Å². The van der Waals surface area contributed by atoms with E-state index in [4.69, 9.17) is 9.78 Å². The average Bonchev–Trinajstić information content (AvgIpc) is 2.94. The van der Waals surface area contributed by atoms with Crippen LogP contribution >= 0.6 is 11.8 Å². The van der Waals surface area contributed by atoms with Crippen LogP contribution in [0.15, 0.2) is 16.7 Å². The first-order valence-electron chi connectivity index (χ1n) is 5.22. The minimum atomic E-state index is 0.422. The predicted octanol–water partition coefficient (Wildman–Crippen LogP) is 2.58. The molecular formula is C11H12N4OS. The highest BCUT2D eigenvalue weighted by atomic mass is 32.2. The van der Waals surface area contributed by atoms with E-state index < -0.39 is 0 Å². The fourth-order valence-corrected chi connectivity index (χ4v) is 1.85. The summed E-state index contributed by atoms with van der Waals surface area (Å²) in [5.74, 6) is 1.82. The second kappa shape index (κ2) is 5.06. The van der Waals surface area contributed by atoms with E-state index in [1.807, 2.05) is 6.07 Å². The van der Waals surface area contributed by atoms with Gasteiger partial charge in [-0.25, -0.2) is 0 Å². The standard InChI is InChI=1S/C11H12N4OS/c1-7(2)17-6-10-14-11(16-15-10)9-4-3-8(5-12)13-9/h3-4,7,13H,6H2,1-2H3. The van der Waals surface area contributed by atoms with Crippen LogP contribution in [0.5, 0.6) is 0 Å². The lowest BCUT2D eigenvalue weighted by Gasteiger charge is -1.98. The van der Waals surface area contributed by atoms with Crippen LogP contribution in [0.25, 0.3) is 11.6 Å². The largest absolute Gasteiger partial charge is 0.342 e. The lowest BCUT2D eigenvalue weighted by Crippen LogP contribution is -1.90. The van der Waals surface area contributed by atoms with Gasteiger partial charge in [-0.15, -0.1) is 0 Å². The summed E-state index contributed by atoms with van der Waals surface area (Å²) in [6, 6.07) is 5.45. The molecule has 0 aromatic carbocycles. The lowest BCUT2D eigenvalue weighted by molar-refractivity contribution is 0.424. The monoisotopic (exact) mass is 248 g/mol. The second-order valence-electron chi connectivity index (χ2n) is 3.77. The topological polar surface area (TPSA) is 78.5 Å². The van der Waals surface area contributed by atoms with Gasteiger partial charge in [0.05, 0.1) is 5.75 Å². The molecule has 2 rings (SSSR count). The third-order valence-electron chi connectivity index (χ3n) is 2.05. The summed E-state index contributed by atoms with van der Waals surface area (Å²) in [6.07, 6.45) is 0. The van der Waals surface area contributed by atoms with Crippen LogP contribution in [0.4, 0.5) is 0 Å². The first kappa shape index (κ1) is 11.7. The highest BCUT2D eigenvalue weighted by Crippen LogP contribution is 2.19. The summed E-state index contributed by atoms with van der Waals surface area (Å²) in [7, 11) is 0. The van der Waals surface area contributed by atoms with E-state index in [0.717, 1.165) is 5.75 Å². The summed E-state index contributed by atoms with van der Waals surface area (Å²) in [4.78, 5) is 7.15. The molecule has 0 spiro atoms. The van der Waals surface area contributed by atoms with Gasteiger partial charge in [0.1, 0.15) is 17.5 Å². The molecule has 0 aliphatic carbocycles. The molecule has 17 heavy (non-hydrogen) atoms. The number of aromatic amines is 1. The zero-order chi connectivity index (χ0) is 12.3. The minimum Gasteiger partial charge on any atom is -0.342 e. The van der Waals surface area contributed by atoms with Crippen LogP contribution in [-0.4, -0.2) is 20.4 Å². The fraction of sp³-hybridized carbons (Fsp3) is 0.364. The van der Waals surface area contributed by atoms with Crippen molar-refractivity contribution in [2.24, 2.45) is 0 Å². The van der Waals surface area contributed by atoms with Crippen molar-refractivity contribution in [1.29, 1.82) is 5.26 Å². The van der Waals surface area contributed by atoms with E-state index in [0.29, 0.717) is 28.4 Å². The normalized spacial score (nSPS) is 10.7. The maximum Gasteiger partial charge on any atom is 0.274 e. The Morgan fingerprint density at radius 1 is 1.53 bits per heavy atom. The third-order valence-corrected chi connectivity index (χ3v) is 3.14. The predicted molar refractivity (Wildman–Crippen MR) is 65.2 cm³/mol. The van der Waals surface area contributed by atoms with Crippen molar-refractivity contribution in [3.8, 4) is 17.7 Å². The highest BCUT2D eigenvalue weighted by Gasteiger charge is 2.11. The number of nitriles is 1. The second-order valence-corrected chi connectivity index (χ2v) is 5.34. The maximum atomic E-state index is 8.70. The highest BCUT2D eigenvalue weighted by molar-refractivity contribution is 7.99. The van der Waals surface area contributed by atoms with E-state index in [9.17, 15) is 0 Å². The Morgan fingerprint density at radius 3 is 3.00 bits per heavy atom. The molecule has 0 saturated heterocycles. The van der Waals surface area contributed by atoms with Gasteiger partial charge in [0.15, 0.2) is 5.82 Å². The Bertz CT molecular complexity index is 538.